The summed E-state index contributed by atoms with van der Waals surface area (Å²) >= 11 is 0. The molecule has 1 fully saturated rings. The summed E-state index contributed by atoms with van der Waals surface area (Å²) in [5, 5.41) is 11.4. The predicted molar refractivity (Wildman–Crippen MR) is 61.8 cm³/mol. The lowest BCUT2D eigenvalue weighted by Crippen LogP contribution is -2.47. The van der Waals surface area contributed by atoms with Crippen molar-refractivity contribution in [2.24, 2.45) is 5.92 Å². The smallest absolute Gasteiger partial charge is 0.326 e. The Bertz CT molecular complexity index is 283. The number of urea groups is 1. The van der Waals surface area contributed by atoms with Crippen LogP contribution < -0.4 is 5.32 Å². The van der Waals surface area contributed by atoms with Crippen LogP contribution in [0.15, 0.2) is 0 Å². The van der Waals surface area contributed by atoms with Crippen LogP contribution in [0.4, 0.5) is 4.79 Å². The summed E-state index contributed by atoms with van der Waals surface area (Å²) in [6.45, 7) is 3.67. The maximum atomic E-state index is 11.8. The highest BCUT2D eigenvalue weighted by molar-refractivity contribution is 5.82. The van der Waals surface area contributed by atoms with Crippen LogP contribution in [0.3, 0.4) is 0 Å². The highest BCUT2D eigenvalue weighted by Crippen LogP contribution is 2.16. The van der Waals surface area contributed by atoms with Gasteiger partial charge in [-0.2, -0.15) is 0 Å². The molecule has 2 amide bonds. The third-order valence-electron chi connectivity index (χ3n) is 2.98. The quantitative estimate of drug-likeness (QED) is 0.739. The molecule has 0 radical (unpaired) electrons. The Balaban J connectivity index is 2.41. The van der Waals surface area contributed by atoms with Crippen LogP contribution >= 0.6 is 0 Å². The molecule has 1 saturated heterocycles. The largest absolute Gasteiger partial charge is 0.480 e. The first kappa shape index (κ1) is 13.8. The van der Waals surface area contributed by atoms with E-state index in [0.717, 1.165) is 6.42 Å². The SMILES string of the molecule is CC[C@@H](NC(=O)N1CCC(COC)C1)C(=O)O. The summed E-state index contributed by atoms with van der Waals surface area (Å²) in [5.74, 6) is -0.635. The molecule has 0 aromatic heterocycles. The minimum absolute atomic E-state index is 0.294. The van der Waals surface area contributed by atoms with Gasteiger partial charge in [0.1, 0.15) is 6.04 Å². The average Bonchev–Trinajstić information content (AvgIpc) is 2.74. The lowest BCUT2D eigenvalue weighted by Gasteiger charge is -2.20. The molecule has 1 aliphatic heterocycles. The van der Waals surface area contributed by atoms with Crippen molar-refractivity contribution in [1.29, 1.82) is 0 Å². The molecule has 17 heavy (non-hydrogen) atoms. The first-order valence-corrected chi connectivity index (χ1v) is 5.85. The second-order valence-corrected chi connectivity index (χ2v) is 4.30. The predicted octanol–water partition coefficient (Wildman–Crippen LogP) is 0.527. The standard InChI is InChI=1S/C11H20N2O4/c1-3-9(10(14)15)12-11(16)13-5-4-8(6-13)7-17-2/h8-9H,3-7H2,1-2H3,(H,12,16)(H,14,15)/t8?,9-/m1/s1. The second kappa shape index (κ2) is 6.44. The number of hydrogen-bond donors (Lipinski definition) is 2. The van der Waals surface area contributed by atoms with Crippen LogP contribution in [0.25, 0.3) is 0 Å². The number of ether oxygens (including phenoxy) is 1. The Morgan fingerprint density at radius 3 is 2.82 bits per heavy atom. The Kier molecular flexibility index (Phi) is 5.21. The number of carboxylic acids is 1. The van der Waals surface area contributed by atoms with Gasteiger partial charge >= 0.3 is 12.0 Å². The number of rotatable bonds is 5. The van der Waals surface area contributed by atoms with E-state index in [4.69, 9.17) is 9.84 Å². The number of nitrogens with one attached hydrogen (secondary N) is 1. The third kappa shape index (κ3) is 3.89. The van der Waals surface area contributed by atoms with Crippen molar-refractivity contribution in [2.45, 2.75) is 25.8 Å². The number of amides is 2. The maximum Gasteiger partial charge on any atom is 0.326 e. The van der Waals surface area contributed by atoms with Gasteiger partial charge in [-0.25, -0.2) is 9.59 Å². The van der Waals surface area contributed by atoms with Crippen LogP contribution in [-0.2, 0) is 9.53 Å². The molecular formula is C11H20N2O4. The molecule has 1 unspecified atom stereocenters. The van der Waals surface area contributed by atoms with Gasteiger partial charge in [0.25, 0.3) is 0 Å². The van der Waals surface area contributed by atoms with Crippen molar-refractivity contribution in [3.63, 3.8) is 0 Å². The fraction of sp³-hybridized carbons (Fsp3) is 0.818. The number of methoxy groups -OCH3 is 1. The number of likely N-dealkylation sites (tertiary alicyclic amines) is 1. The van der Waals surface area contributed by atoms with E-state index in [1.165, 1.54) is 0 Å². The van der Waals surface area contributed by atoms with Crippen LogP contribution in [0.2, 0.25) is 0 Å². The minimum Gasteiger partial charge on any atom is -0.480 e. The normalized spacial score (nSPS) is 21.3. The van der Waals surface area contributed by atoms with Gasteiger partial charge in [-0.15, -0.1) is 0 Å². The summed E-state index contributed by atoms with van der Waals surface area (Å²) in [6, 6.07) is -1.10. The molecule has 0 spiro atoms. The van der Waals surface area contributed by atoms with Crippen molar-refractivity contribution < 1.29 is 19.4 Å². The van der Waals surface area contributed by atoms with Gasteiger partial charge in [0.05, 0.1) is 6.61 Å². The van der Waals surface area contributed by atoms with Gasteiger partial charge in [0.15, 0.2) is 0 Å². The summed E-state index contributed by atoms with van der Waals surface area (Å²) in [6.07, 6.45) is 1.29. The Labute approximate surface area is 101 Å². The fourth-order valence-electron chi connectivity index (χ4n) is 1.97. The lowest BCUT2D eigenvalue weighted by molar-refractivity contribution is -0.139. The zero-order valence-electron chi connectivity index (χ0n) is 10.3. The van der Waals surface area contributed by atoms with Gasteiger partial charge in [-0.1, -0.05) is 6.92 Å². The van der Waals surface area contributed by atoms with E-state index in [2.05, 4.69) is 5.32 Å². The summed E-state index contributed by atoms with van der Waals surface area (Å²) in [7, 11) is 1.64. The van der Waals surface area contributed by atoms with E-state index in [0.29, 0.717) is 32.0 Å². The third-order valence-corrected chi connectivity index (χ3v) is 2.98. The molecule has 1 rings (SSSR count). The molecule has 0 aromatic carbocycles. The first-order chi connectivity index (χ1) is 8.08. The monoisotopic (exact) mass is 244 g/mol. The highest BCUT2D eigenvalue weighted by atomic mass is 16.5. The molecule has 98 valence electrons. The summed E-state index contributed by atoms with van der Waals surface area (Å²) in [5.41, 5.74) is 0. The zero-order chi connectivity index (χ0) is 12.8. The van der Waals surface area contributed by atoms with Crippen LogP contribution in [-0.4, -0.2) is 54.9 Å². The molecule has 6 nitrogen and oxygen atoms in total. The topological polar surface area (TPSA) is 78.9 Å². The number of carboxylic acid groups (broad SMARTS) is 1. The molecule has 1 heterocycles. The van der Waals surface area contributed by atoms with E-state index in [1.54, 1.807) is 18.9 Å². The van der Waals surface area contributed by atoms with Crippen molar-refractivity contribution in [3.05, 3.63) is 0 Å². The summed E-state index contributed by atoms with van der Waals surface area (Å²) in [4.78, 5) is 24.2. The molecule has 0 aromatic rings. The van der Waals surface area contributed by atoms with Crippen molar-refractivity contribution in [3.8, 4) is 0 Å². The maximum absolute atomic E-state index is 11.8. The molecule has 6 heteroatoms. The van der Waals surface area contributed by atoms with Crippen molar-refractivity contribution >= 4 is 12.0 Å². The zero-order valence-corrected chi connectivity index (χ0v) is 10.3. The Hall–Kier alpha value is -1.30. The van der Waals surface area contributed by atoms with Crippen LogP contribution in [0.5, 0.6) is 0 Å². The van der Waals surface area contributed by atoms with Crippen LogP contribution in [0.1, 0.15) is 19.8 Å². The Morgan fingerprint density at radius 2 is 2.29 bits per heavy atom. The number of carbonyl (C=O) groups is 2. The number of carbonyl (C=O) groups excluding carboxylic acids is 1. The summed E-state index contributed by atoms with van der Waals surface area (Å²) < 4.78 is 5.04. The van der Waals surface area contributed by atoms with Crippen molar-refractivity contribution in [1.82, 2.24) is 10.2 Å². The van der Waals surface area contributed by atoms with E-state index >= 15 is 0 Å². The second-order valence-electron chi connectivity index (χ2n) is 4.30. The number of aliphatic carboxylic acids is 1. The van der Waals surface area contributed by atoms with E-state index in [9.17, 15) is 9.59 Å². The molecule has 0 aliphatic carbocycles. The lowest BCUT2D eigenvalue weighted by atomic mass is 10.1. The van der Waals surface area contributed by atoms with Gasteiger partial charge in [-0.3, -0.25) is 0 Å². The highest BCUT2D eigenvalue weighted by Gasteiger charge is 2.28. The van der Waals surface area contributed by atoms with Crippen LogP contribution in [0, 0.1) is 5.92 Å². The first-order valence-electron chi connectivity index (χ1n) is 5.85. The van der Waals surface area contributed by atoms with Gasteiger partial charge in [0.2, 0.25) is 0 Å². The van der Waals surface area contributed by atoms with E-state index in [1.807, 2.05) is 0 Å². The van der Waals surface area contributed by atoms with Gasteiger partial charge in [-0.05, 0) is 12.8 Å². The molecule has 0 bridgehead atoms. The average molecular weight is 244 g/mol. The van der Waals surface area contributed by atoms with Gasteiger partial charge in [0, 0.05) is 26.1 Å². The molecule has 2 N–H and O–H groups in total. The van der Waals surface area contributed by atoms with E-state index < -0.39 is 12.0 Å². The number of nitrogens with zero attached hydrogens (tertiary/aromatic N) is 1. The molecule has 0 saturated carbocycles. The minimum atomic E-state index is -0.992. The van der Waals surface area contributed by atoms with Crippen molar-refractivity contribution in [2.75, 3.05) is 26.8 Å². The number of hydrogen-bond acceptors (Lipinski definition) is 3. The Morgan fingerprint density at radius 1 is 1.59 bits per heavy atom. The molecule has 2 atom stereocenters. The van der Waals surface area contributed by atoms with E-state index in [-0.39, 0.29) is 6.03 Å². The van der Waals surface area contributed by atoms with Gasteiger partial charge < -0.3 is 20.1 Å². The fourth-order valence-corrected chi connectivity index (χ4v) is 1.97. The molecular weight excluding hydrogens is 224 g/mol. The molecule has 1 aliphatic rings.